The summed E-state index contributed by atoms with van der Waals surface area (Å²) in [6.45, 7) is 6.67. The van der Waals surface area contributed by atoms with Gasteiger partial charge in [-0.15, -0.1) is 24.0 Å². The number of rotatable bonds is 7. The molecule has 7 nitrogen and oxygen atoms in total. The number of benzene rings is 1. The van der Waals surface area contributed by atoms with Crippen LogP contribution in [0.3, 0.4) is 0 Å². The summed E-state index contributed by atoms with van der Waals surface area (Å²) >= 11 is 0. The predicted octanol–water partition coefficient (Wildman–Crippen LogP) is 2.55. The molecule has 3 aliphatic heterocycles. The monoisotopic (exact) mass is 530 g/mol. The van der Waals surface area contributed by atoms with Gasteiger partial charge in [0.05, 0.1) is 39.0 Å². The van der Waals surface area contributed by atoms with Gasteiger partial charge in [0.15, 0.2) is 17.5 Å². The van der Waals surface area contributed by atoms with Gasteiger partial charge in [-0.3, -0.25) is 9.89 Å². The molecule has 168 valence electrons. The number of hydrogen-bond acceptors (Lipinski definition) is 5. The van der Waals surface area contributed by atoms with E-state index in [9.17, 15) is 0 Å². The maximum absolute atomic E-state index is 5.96. The second-order valence-electron chi connectivity index (χ2n) is 8.12. The fourth-order valence-corrected chi connectivity index (χ4v) is 4.72. The van der Waals surface area contributed by atoms with Crippen molar-refractivity contribution in [3.05, 3.63) is 23.3 Å². The van der Waals surface area contributed by atoms with Crippen LogP contribution in [0.2, 0.25) is 0 Å². The first-order chi connectivity index (χ1) is 14.2. The van der Waals surface area contributed by atoms with Crippen molar-refractivity contribution < 1.29 is 14.2 Å². The zero-order chi connectivity index (χ0) is 20.2. The highest BCUT2D eigenvalue weighted by atomic mass is 127. The third kappa shape index (κ3) is 5.31. The summed E-state index contributed by atoms with van der Waals surface area (Å²) in [5.41, 5.74) is 2.68. The predicted molar refractivity (Wildman–Crippen MR) is 129 cm³/mol. The van der Waals surface area contributed by atoms with Gasteiger partial charge in [0, 0.05) is 26.2 Å². The Labute approximate surface area is 196 Å². The minimum atomic E-state index is 0. The molecule has 30 heavy (non-hydrogen) atoms. The normalized spacial score (nSPS) is 25.4. The van der Waals surface area contributed by atoms with E-state index in [1.54, 1.807) is 14.2 Å². The van der Waals surface area contributed by atoms with Crippen molar-refractivity contribution in [2.45, 2.75) is 57.4 Å². The Morgan fingerprint density at radius 2 is 1.97 bits per heavy atom. The van der Waals surface area contributed by atoms with Crippen LogP contribution in [0.4, 0.5) is 0 Å². The van der Waals surface area contributed by atoms with Crippen molar-refractivity contribution in [3.8, 4) is 11.5 Å². The van der Waals surface area contributed by atoms with Crippen molar-refractivity contribution in [2.24, 2.45) is 4.99 Å². The van der Waals surface area contributed by atoms with Crippen LogP contribution in [0.1, 0.15) is 37.3 Å². The van der Waals surface area contributed by atoms with Gasteiger partial charge in [0.2, 0.25) is 0 Å². The van der Waals surface area contributed by atoms with Gasteiger partial charge in [-0.2, -0.15) is 0 Å². The summed E-state index contributed by atoms with van der Waals surface area (Å²) in [4.78, 5) is 7.28. The number of nitrogens with zero attached hydrogens (tertiary/aromatic N) is 2. The Morgan fingerprint density at radius 3 is 2.60 bits per heavy atom. The Kier molecular flexibility index (Phi) is 8.47. The topological polar surface area (TPSA) is 67.4 Å². The second kappa shape index (κ2) is 10.9. The lowest BCUT2D eigenvalue weighted by molar-refractivity contribution is 0.0992. The van der Waals surface area contributed by atoms with Crippen LogP contribution in [0.15, 0.2) is 17.1 Å². The van der Waals surface area contributed by atoms with E-state index in [0.717, 1.165) is 63.0 Å². The Balaban J connectivity index is 0.00000256. The van der Waals surface area contributed by atoms with Gasteiger partial charge < -0.3 is 24.8 Å². The van der Waals surface area contributed by atoms with Crippen LogP contribution in [-0.4, -0.2) is 69.5 Å². The summed E-state index contributed by atoms with van der Waals surface area (Å²) in [6, 6.07) is 4.63. The van der Waals surface area contributed by atoms with Crippen molar-refractivity contribution >= 4 is 29.9 Å². The number of aliphatic imine (C=N–C) groups is 1. The standard InChI is InChI=1S/C22H34N4O3.HI/c1-4-23-22(25-18-13-17-5-6-19(18)29-17)24-8-10-26-9-7-15-11-20(27-2)21(28-3)12-16(15)14-26;/h11-12,17-19H,4-10,13-14H2,1-3H3,(H2,23,24,25);1H. The maximum atomic E-state index is 5.96. The van der Waals surface area contributed by atoms with Crippen molar-refractivity contribution in [1.82, 2.24) is 15.5 Å². The fraction of sp³-hybridized carbons (Fsp3) is 0.682. The largest absolute Gasteiger partial charge is 0.493 e. The Hall–Kier alpha value is -1.26. The molecule has 0 radical (unpaired) electrons. The molecule has 3 heterocycles. The molecule has 3 aliphatic rings. The van der Waals surface area contributed by atoms with Crippen LogP contribution >= 0.6 is 24.0 Å². The zero-order valence-electron chi connectivity index (χ0n) is 18.3. The molecular weight excluding hydrogens is 495 g/mol. The number of halogens is 1. The van der Waals surface area contributed by atoms with E-state index < -0.39 is 0 Å². The minimum Gasteiger partial charge on any atom is -0.493 e. The average Bonchev–Trinajstić information content (AvgIpc) is 3.36. The highest BCUT2D eigenvalue weighted by Gasteiger charge is 2.41. The van der Waals surface area contributed by atoms with Gasteiger partial charge in [-0.1, -0.05) is 0 Å². The van der Waals surface area contributed by atoms with E-state index >= 15 is 0 Å². The number of methoxy groups -OCH3 is 2. The lowest BCUT2D eigenvalue weighted by Crippen LogP contribution is -2.47. The molecule has 0 spiro atoms. The van der Waals surface area contributed by atoms with Gasteiger partial charge >= 0.3 is 0 Å². The molecule has 0 amide bonds. The molecular formula is C22H35IN4O3. The van der Waals surface area contributed by atoms with Crippen molar-refractivity contribution in [1.29, 1.82) is 0 Å². The third-order valence-electron chi connectivity index (χ3n) is 6.26. The second-order valence-corrected chi connectivity index (χ2v) is 8.12. The third-order valence-corrected chi connectivity index (χ3v) is 6.26. The number of guanidine groups is 1. The molecule has 3 atom stereocenters. The smallest absolute Gasteiger partial charge is 0.191 e. The number of ether oxygens (including phenoxy) is 3. The minimum absolute atomic E-state index is 0. The van der Waals surface area contributed by atoms with Gasteiger partial charge in [0.1, 0.15) is 0 Å². The zero-order valence-corrected chi connectivity index (χ0v) is 20.6. The average molecular weight is 530 g/mol. The van der Waals surface area contributed by atoms with Crippen molar-refractivity contribution in [2.75, 3.05) is 40.4 Å². The lowest BCUT2D eigenvalue weighted by atomic mass is 9.96. The summed E-state index contributed by atoms with van der Waals surface area (Å²) < 4.78 is 16.9. The molecule has 2 saturated heterocycles. The van der Waals surface area contributed by atoms with E-state index in [2.05, 4.69) is 34.6 Å². The van der Waals surface area contributed by atoms with Gasteiger partial charge in [-0.25, -0.2) is 0 Å². The molecule has 4 rings (SSSR count). The molecule has 1 aromatic carbocycles. The quantitative estimate of drug-likeness (QED) is 0.321. The first kappa shape index (κ1) is 23.4. The summed E-state index contributed by atoms with van der Waals surface area (Å²) in [5.74, 6) is 2.53. The van der Waals surface area contributed by atoms with E-state index in [-0.39, 0.29) is 24.0 Å². The summed E-state index contributed by atoms with van der Waals surface area (Å²) in [7, 11) is 3.38. The molecule has 0 aliphatic carbocycles. The van der Waals surface area contributed by atoms with Crippen LogP contribution in [-0.2, 0) is 17.7 Å². The van der Waals surface area contributed by atoms with Crippen molar-refractivity contribution in [3.63, 3.8) is 0 Å². The number of fused-ring (bicyclic) bond motifs is 3. The molecule has 2 N–H and O–H groups in total. The SMILES string of the molecule is CCNC(=NCCN1CCc2cc(OC)c(OC)cc2C1)NC1CC2CCC1O2.I. The number of nitrogens with one attached hydrogen (secondary N) is 2. The summed E-state index contributed by atoms with van der Waals surface area (Å²) in [6.07, 6.45) is 5.31. The molecule has 3 unspecified atom stereocenters. The first-order valence-corrected chi connectivity index (χ1v) is 10.9. The van der Waals surface area contributed by atoms with Gasteiger partial charge in [-0.05, 0) is 55.9 Å². The highest BCUT2D eigenvalue weighted by Crippen LogP contribution is 2.34. The van der Waals surface area contributed by atoms with Crippen LogP contribution in [0, 0.1) is 0 Å². The Morgan fingerprint density at radius 1 is 1.20 bits per heavy atom. The molecule has 0 saturated carbocycles. The van der Waals surface area contributed by atoms with E-state index in [4.69, 9.17) is 19.2 Å². The van der Waals surface area contributed by atoms with Crippen LogP contribution in [0.25, 0.3) is 0 Å². The number of hydrogen-bond donors (Lipinski definition) is 2. The van der Waals surface area contributed by atoms with Crippen LogP contribution < -0.4 is 20.1 Å². The highest BCUT2D eigenvalue weighted by molar-refractivity contribution is 14.0. The first-order valence-electron chi connectivity index (χ1n) is 10.9. The maximum Gasteiger partial charge on any atom is 0.191 e. The van der Waals surface area contributed by atoms with E-state index in [1.807, 2.05) is 0 Å². The molecule has 2 fully saturated rings. The molecule has 1 aromatic rings. The van der Waals surface area contributed by atoms with E-state index in [0.29, 0.717) is 18.2 Å². The summed E-state index contributed by atoms with van der Waals surface area (Å²) in [5, 5.41) is 6.98. The van der Waals surface area contributed by atoms with Crippen LogP contribution in [0.5, 0.6) is 11.5 Å². The molecule has 8 heteroatoms. The van der Waals surface area contributed by atoms with E-state index in [1.165, 1.54) is 24.0 Å². The van der Waals surface area contributed by atoms with Gasteiger partial charge in [0.25, 0.3) is 0 Å². The molecule has 0 aromatic heterocycles. The Bertz CT molecular complexity index is 745. The fourth-order valence-electron chi connectivity index (χ4n) is 4.72. The molecule has 2 bridgehead atoms. The lowest BCUT2D eigenvalue weighted by Gasteiger charge is -2.29.